The minimum atomic E-state index is -0.392. The quantitative estimate of drug-likeness (QED) is 0.822. The van der Waals surface area contributed by atoms with E-state index in [1.54, 1.807) is 19.1 Å². The van der Waals surface area contributed by atoms with Crippen molar-refractivity contribution in [2.24, 2.45) is 0 Å². The molecule has 0 bridgehead atoms. The Morgan fingerprint density at radius 3 is 2.84 bits per heavy atom. The highest BCUT2D eigenvalue weighted by molar-refractivity contribution is 5.81. The highest BCUT2D eigenvalue weighted by Crippen LogP contribution is 2.19. The first-order valence-electron chi connectivity index (χ1n) is 6.46. The van der Waals surface area contributed by atoms with Crippen molar-refractivity contribution < 1.29 is 13.9 Å². The van der Waals surface area contributed by atoms with Crippen molar-refractivity contribution in [3.63, 3.8) is 0 Å². The molecule has 0 aromatic heterocycles. The van der Waals surface area contributed by atoms with Crippen LogP contribution in [-0.2, 0) is 11.3 Å². The summed E-state index contributed by atoms with van der Waals surface area (Å²) >= 11 is 0. The molecule has 1 aliphatic rings. The summed E-state index contributed by atoms with van der Waals surface area (Å²) < 4.78 is 18.3. The lowest BCUT2D eigenvalue weighted by Gasteiger charge is -2.14. The molecule has 4 nitrogen and oxygen atoms in total. The molecule has 0 heterocycles. The predicted molar refractivity (Wildman–Crippen MR) is 70.4 cm³/mol. The van der Waals surface area contributed by atoms with Crippen LogP contribution in [0, 0.1) is 5.82 Å². The van der Waals surface area contributed by atoms with Crippen molar-refractivity contribution in [3.8, 4) is 5.75 Å². The Morgan fingerprint density at radius 2 is 2.26 bits per heavy atom. The van der Waals surface area contributed by atoms with Gasteiger partial charge in [-0.2, -0.15) is 0 Å². The van der Waals surface area contributed by atoms with Crippen LogP contribution in [0.4, 0.5) is 4.39 Å². The fourth-order valence-electron chi connectivity index (χ4n) is 1.74. The summed E-state index contributed by atoms with van der Waals surface area (Å²) in [6, 6.07) is 4.85. The number of amides is 1. The number of hydrogen-bond donors (Lipinski definition) is 2. The summed E-state index contributed by atoms with van der Waals surface area (Å²) in [6.45, 7) is 2.25. The van der Waals surface area contributed by atoms with Crippen molar-refractivity contribution in [1.82, 2.24) is 10.6 Å². The molecule has 2 N–H and O–H groups in total. The first kappa shape index (κ1) is 13.8. The summed E-state index contributed by atoms with van der Waals surface area (Å²) in [5, 5.41) is 6.00. The number of methoxy groups -OCH3 is 1. The van der Waals surface area contributed by atoms with Gasteiger partial charge in [-0.25, -0.2) is 4.39 Å². The smallest absolute Gasteiger partial charge is 0.237 e. The molecule has 1 amide bonds. The van der Waals surface area contributed by atoms with Gasteiger partial charge in [-0.1, -0.05) is 6.07 Å². The van der Waals surface area contributed by atoms with E-state index in [2.05, 4.69) is 10.6 Å². The minimum absolute atomic E-state index is 0.00326. The van der Waals surface area contributed by atoms with Crippen LogP contribution in [0.25, 0.3) is 0 Å². The van der Waals surface area contributed by atoms with E-state index in [9.17, 15) is 9.18 Å². The molecular weight excluding hydrogens is 247 g/mol. The van der Waals surface area contributed by atoms with Crippen molar-refractivity contribution in [1.29, 1.82) is 0 Å². The highest BCUT2D eigenvalue weighted by Gasteiger charge is 2.25. The first-order chi connectivity index (χ1) is 9.10. The lowest BCUT2D eigenvalue weighted by atomic mass is 10.2. The summed E-state index contributed by atoms with van der Waals surface area (Å²) in [6.07, 6.45) is 2.14. The van der Waals surface area contributed by atoms with Crippen LogP contribution in [-0.4, -0.2) is 25.1 Å². The van der Waals surface area contributed by atoms with Crippen molar-refractivity contribution in [3.05, 3.63) is 29.6 Å². The van der Waals surface area contributed by atoms with E-state index in [1.165, 1.54) is 13.2 Å². The summed E-state index contributed by atoms with van der Waals surface area (Å²) in [7, 11) is 1.43. The van der Waals surface area contributed by atoms with Crippen molar-refractivity contribution >= 4 is 5.91 Å². The Morgan fingerprint density at radius 1 is 1.53 bits per heavy atom. The van der Waals surface area contributed by atoms with Crippen LogP contribution in [0.3, 0.4) is 0 Å². The van der Waals surface area contributed by atoms with E-state index >= 15 is 0 Å². The molecule has 2 rings (SSSR count). The second-order valence-electron chi connectivity index (χ2n) is 4.85. The van der Waals surface area contributed by atoms with E-state index in [0.717, 1.165) is 18.4 Å². The second-order valence-corrected chi connectivity index (χ2v) is 4.85. The van der Waals surface area contributed by atoms with Gasteiger partial charge in [0.05, 0.1) is 13.2 Å². The molecule has 19 heavy (non-hydrogen) atoms. The molecule has 1 atom stereocenters. The maximum atomic E-state index is 13.5. The Balaban J connectivity index is 1.83. The molecule has 1 unspecified atom stereocenters. The molecule has 1 aromatic carbocycles. The first-order valence-corrected chi connectivity index (χ1v) is 6.46. The van der Waals surface area contributed by atoms with Crippen LogP contribution in [0.1, 0.15) is 25.3 Å². The van der Waals surface area contributed by atoms with Gasteiger partial charge in [0.15, 0.2) is 11.6 Å². The topological polar surface area (TPSA) is 50.4 Å². The Labute approximate surface area is 112 Å². The number of ether oxygens (including phenoxy) is 1. The molecule has 0 saturated heterocycles. The molecule has 1 fully saturated rings. The Kier molecular flexibility index (Phi) is 4.37. The van der Waals surface area contributed by atoms with Gasteiger partial charge in [0, 0.05) is 12.6 Å². The lowest BCUT2D eigenvalue weighted by molar-refractivity contribution is -0.122. The maximum Gasteiger partial charge on any atom is 0.237 e. The normalized spacial score (nSPS) is 15.9. The van der Waals surface area contributed by atoms with Crippen molar-refractivity contribution in [2.45, 2.75) is 38.4 Å². The average molecular weight is 266 g/mol. The molecule has 0 radical (unpaired) electrons. The monoisotopic (exact) mass is 266 g/mol. The number of rotatable bonds is 6. The van der Waals surface area contributed by atoms with Crippen LogP contribution in [0.5, 0.6) is 5.75 Å². The molecule has 1 aromatic rings. The predicted octanol–water partition coefficient (Wildman–Crippen LogP) is 1.59. The zero-order chi connectivity index (χ0) is 13.8. The van der Waals surface area contributed by atoms with Gasteiger partial charge >= 0.3 is 0 Å². The second kappa shape index (κ2) is 6.02. The molecule has 5 heteroatoms. The van der Waals surface area contributed by atoms with Gasteiger partial charge < -0.3 is 15.4 Å². The number of halogens is 1. The van der Waals surface area contributed by atoms with Crippen LogP contribution in [0.2, 0.25) is 0 Å². The van der Waals surface area contributed by atoms with Gasteiger partial charge in [0.25, 0.3) is 0 Å². The highest BCUT2D eigenvalue weighted by atomic mass is 19.1. The summed E-state index contributed by atoms with van der Waals surface area (Å²) in [5.41, 5.74) is 0.782. The number of hydrogen-bond acceptors (Lipinski definition) is 3. The molecule has 0 spiro atoms. The minimum Gasteiger partial charge on any atom is -0.494 e. The van der Waals surface area contributed by atoms with Crippen LogP contribution in [0.15, 0.2) is 18.2 Å². The van der Waals surface area contributed by atoms with Gasteiger partial charge in [0.1, 0.15) is 0 Å². The standard InChI is InChI=1S/C14H19FN2O2/c1-9(14(18)17-11-4-5-11)16-8-10-3-6-13(19-2)12(15)7-10/h3,6-7,9,11,16H,4-5,8H2,1-2H3,(H,17,18). The van der Waals surface area contributed by atoms with Crippen molar-refractivity contribution in [2.75, 3.05) is 7.11 Å². The third-order valence-electron chi connectivity index (χ3n) is 3.15. The third-order valence-corrected chi connectivity index (χ3v) is 3.15. The van der Waals surface area contributed by atoms with E-state index < -0.39 is 5.82 Å². The van der Waals surface area contributed by atoms with E-state index in [4.69, 9.17) is 4.74 Å². The van der Waals surface area contributed by atoms with Gasteiger partial charge in [-0.05, 0) is 37.5 Å². The Hall–Kier alpha value is -1.62. The molecular formula is C14H19FN2O2. The average Bonchev–Trinajstić information content (AvgIpc) is 3.20. The summed E-state index contributed by atoms with van der Waals surface area (Å²) in [5.74, 6) is -0.170. The van der Waals surface area contributed by atoms with Crippen LogP contribution < -0.4 is 15.4 Å². The summed E-state index contributed by atoms with van der Waals surface area (Å²) in [4.78, 5) is 11.7. The molecule has 0 aliphatic heterocycles. The van der Waals surface area contributed by atoms with Gasteiger partial charge in [-0.15, -0.1) is 0 Å². The zero-order valence-corrected chi connectivity index (χ0v) is 11.2. The third kappa shape index (κ3) is 3.92. The number of benzene rings is 1. The van der Waals surface area contributed by atoms with Gasteiger partial charge in [0.2, 0.25) is 5.91 Å². The SMILES string of the molecule is COc1ccc(CNC(C)C(=O)NC2CC2)cc1F. The fourth-order valence-corrected chi connectivity index (χ4v) is 1.74. The molecule has 1 aliphatic carbocycles. The molecule has 104 valence electrons. The maximum absolute atomic E-state index is 13.5. The number of carbonyl (C=O) groups excluding carboxylic acids is 1. The molecule has 1 saturated carbocycles. The lowest BCUT2D eigenvalue weighted by Crippen LogP contribution is -2.42. The van der Waals surface area contributed by atoms with Gasteiger partial charge in [-0.3, -0.25) is 4.79 Å². The fraction of sp³-hybridized carbons (Fsp3) is 0.500. The van der Waals surface area contributed by atoms with E-state index in [0.29, 0.717) is 12.6 Å². The number of carbonyl (C=O) groups is 1. The Bertz CT molecular complexity index is 461. The zero-order valence-electron chi connectivity index (χ0n) is 11.2. The largest absolute Gasteiger partial charge is 0.494 e. The number of nitrogens with one attached hydrogen (secondary N) is 2. The van der Waals surface area contributed by atoms with Crippen LogP contribution >= 0.6 is 0 Å². The van der Waals surface area contributed by atoms with E-state index in [-0.39, 0.29) is 17.7 Å². The van der Waals surface area contributed by atoms with E-state index in [1.807, 2.05) is 0 Å².